The van der Waals surface area contributed by atoms with E-state index in [0.717, 1.165) is 28.2 Å². The molecule has 3 heterocycles. The molecule has 1 atom stereocenters. The molecular formula is C20H18N4O6S. The van der Waals surface area contributed by atoms with Crippen LogP contribution in [-0.4, -0.2) is 42.1 Å². The maximum absolute atomic E-state index is 13.1. The number of carbonyl (C=O) groups excluding carboxylic acids is 4. The highest BCUT2D eigenvalue weighted by Gasteiger charge is 2.54. The highest BCUT2D eigenvalue weighted by atomic mass is 32.1. The number of anilines is 1. The van der Waals surface area contributed by atoms with Crippen molar-refractivity contribution in [1.82, 2.24) is 15.5 Å². The fraction of sp³-hybridized carbons (Fsp3) is 0.300. The number of rotatable bonds is 3. The first kappa shape index (κ1) is 19.4. The van der Waals surface area contributed by atoms with E-state index in [-0.39, 0.29) is 6.79 Å². The summed E-state index contributed by atoms with van der Waals surface area (Å²) < 4.78 is 10.4. The van der Waals surface area contributed by atoms with Gasteiger partial charge in [0.2, 0.25) is 12.7 Å². The van der Waals surface area contributed by atoms with Crippen LogP contribution in [0, 0.1) is 0 Å². The maximum Gasteiger partial charge on any atom is 0.325 e. The lowest BCUT2D eigenvalue weighted by molar-refractivity contribution is -0.135. The van der Waals surface area contributed by atoms with Gasteiger partial charge in [-0.15, -0.1) is 11.3 Å². The standard InChI is InChI=1S/C20H18N4O6S/c25-16(22-18(27)21-11-3-4-13-14(8-11)30-10-29-13)9-24-17(26)20(23-19(24)28)6-1-2-15-12(20)5-7-31-15/h3-5,7-8H,1-2,6,9-10H2,(H,23,28)(H2,21,22,25,27). The summed E-state index contributed by atoms with van der Waals surface area (Å²) >= 11 is 1.55. The van der Waals surface area contributed by atoms with Crippen molar-refractivity contribution in [2.75, 3.05) is 18.7 Å². The van der Waals surface area contributed by atoms with Gasteiger partial charge in [-0.2, -0.15) is 0 Å². The second-order valence-electron chi connectivity index (χ2n) is 7.41. The van der Waals surface area contributed by atoms with Crippen LogP contribution < -0.4 is 25.4 Å². The summed E-state index contributed by atoms with van der Waals surface area (Å²) in [6.07, 6.45) is 2.10. The summed E-state index contributed by atoms with van der Waals surface area (Å²) in [5.74, 6) is -0.205. The topological polar surface area (TPSA) is 126 Å². The lowest BCUT2D eigenvalue weighted by atomic mass is 9.80. The fourth-order valence-corrected chi connectivity index (χ4v) is 5.13. The first-order valence-electron chi connectivity index (χ1n) is 9.68. The van der Waals surface area contributed by atoms with Gasteiger partial charge in [-0.3, -0.25) is 19.8 Å². The summed E-state index contributed by atoms with van der Waals surface area (Å²) in [6.45, 7) is -0.454. The van der Waals surface area contributed by atoms with Gasteiger partial charge in [0.25, 0.3) is 5.91 Å². The molecule has 1 aliphatic carbocycles. The lowest BCUT2D eigenvalue weighted by Crippen LogP contribution is -2.47. The molecule has 1 saturated heterocycles. The molecule has 1 fully saturated rings. The van der Waals surface area contributed by atoms with Crippen LogP contribution >= 0.6 is 11.3 Å². The average molecular weight is 442 g/mol. The van der Waals surface area contributed by atoms with Gasteiger partial charge in [0.05, 0.1) is 0 Å². The summed E-state index contributed by atoms with van der Waals surface area (Å²) in [4.78, 5) is 52.1. The van der Waals surface area contributed by atoms with Crippen LogP contribution in [0.25, 0.3) is 0 Å². The number of amides is 6. The van der Waals surface area contributed by atoms with Gasteiger partial charge in [-0.05, 0) is 42.8 Å². The molecule has 1 aromatic heterocycles. The monoisotopic (exact) mass is 442 g/mol. The zero-order valence-corrected chi connectivity index (χ0v) is 17.0. The third-order valence-electron chi connectivity index (χ3n) is 5.52. The normalized spacial score (nSPS) is 21.1. The number of benzene rings is 1. The van der Waals surface area contributed by atoms with Gasteiger partial charge in [0.15, 0.2) is 11.5 Å². The first-order chi connectivity index (χ1) is 15.0. The van der Waals surface area contributed by atoms with Crippen molar-refractivity contribution >= 4 is 40.9 Å². The number of thiophene rings is 1. The molecule has 3 aliphatic rings. The first-order valence-corrected chi connectivity index (χ1v) is 10.6. The highest BCUT2D eigenvalue weighted by molar-refractivity contribution is 7.10. The molecule has 31 heavy (non-hydrogen) atoms. The van der Waals surface area contributed by atoms with Crippen LogP contribution in [0.3, 0.4) is 0 Å². The number of carbonyl (C=O) groups is 4. The van der Waals surface area contributed by atoms with Crippen LogP contribution in [0.15, 0.2) is 29.6 Å². The third kappa shape index (κ3) is 3.26. The number of aryl methyl sites for hydroxylation is 1. The predicted molar refractivity (Wildman–Crippen MR) is 109 cm³/mol. The highest BCUT2D eigenvalue weighted by Crippen LogP contribution is 2.42. The maximum atomic E-state index is 13.1. The Morgan fingerprint density at radius 1 is 1.19 bits per heavy atom. The third-order valence-corrected chi connectivity index (χ3v) is 6.50. The molecule has 3 N–H and O–H groups in total. The summed E-state index contributed by atoms with van der Waals surface area (Å²) in [5.41, 5.74) is 0.0703. The quantitative estimate of drug-likeness (QED) is 0.624. The van der Waals surface area contributed by atoms with E-state index in [4.69, 9.17) is 9.47 Å². The van der Waals surface area contributed by atoms with E-state index in [2.05, 4.69) is 16.0 Å². The Labute approximate surface area is 180 Å². The van der Waals surface area contributed by atoms with Crippen molar-refractivity contribution in [3.63, 3.8) is 0 Å². The summed E-state index contributed by atoms with van der Waals surface area (Å²) in [5, 5.41) is 9.31. The summed E-state index contributed by atoms with van der Waals surface area (Å²) in [7, 11) is 0. The Hall–Kier alpha value is -3.60. The molecule has 0 saturated carbocycles. The van der Waals surface area contributed by atoms with Gasteiger partial charge >= 0.3 is 12.1 Å². The molecule has 1 unspecified atom stereocenters. The van der Waals surface area contributed by atoms with Crippen molar-refractivity contribution in [2.24, 2.45) is 0 Å². The minimum absolute atomic E-state index is 0.101. The smallest absolute Gasteiger partial charge is 0.325 e. The minimum Gasteiger partial charge on any atom is -0.454 e. The van der Waals surface area contributed by atoms with E-state index in [0.29, 0.717) is 23.6 Å². The predicted octanol–water partition coefficient (Wildman–Crippen LogP) is 1.91. The van der Waals surface area contributed by atoms with Crippen molar-refractivity contribution < 1.29 is 28.7 Å². The van der Waals surface area contributed by atoms with E-state index < -0.39 is 36.0 Å². The number of imide groups is 2. The second-order valence-corrected chi connectivity index (χ2v) is 8.41. The van der Waals surface area contributed by atoms with Crippen LogP contribution in [0.5, 0.6) is 11.5 Å². The molecule has 160 valence electrons. The molecule has 2 aromatic rings. The number of ether oxygens (including phenoxy) is 2. The van der Waals surface area contributed by atoms with Crippen molar-refractivity contribution in [1.29, 1.82) is 0 Å². The van der Waals surface area contributed by atoms with E-state index in [9.17, 15) is 19.2 Å². The zero-order chi connectivity index (χ0) is 21.6. The van der Waals surface area contributed by atoms with Gasteiger partial charge in [-0.25, -0.2) is 9.59 Å². The molecule has 11 heteroatoms. The number of urea groups is 2. The van der Waals surface area contributed by atoms with Crippen LogP contribution in [0.2, 0.25) is 0 Å². The van der Waals surface area contributed by atoms with Crippen molar-refractivity contribution in [3.8, 4) is 11.5 Å². The van der Waals surface area contributed by atoms with Crippen LogP contribution in [-0.2, 0) is 21.5 Å². The van der Waals surface area contributed by atoms with E-state index in [1.54, 1.807) is 29.5 Å². The minimum atomic E-state index is -1.13. The Bertz CT molecular complexity index is 1110. The van der Waals surface area contributed by atoms with E-state index >= 15 is 0 Å². The molecule has 0 bridgehead atoms. The number of hydrogen-bond donors (Lipinski definition) is 3. The molecule has 1 aromatic carbocycles. The Balaban J connectivity index is 1.23. The van der Waals surface area contributed by atoms with E-state index in [1.165, 1.54) is 0 Å². The Morgan fingerprint density at radius 3 is 2.90 bits per heavy atom. The Morgan fingerprint density at radius 2 is 2.03 bits per heavy atom. The zero-order valence-electron chi connectivity index (χ0n) is 16.2. The van der Waals surface area contributed by atoms with Crippen molar-refractivity contribution in [3.05, 3.63) is 40.1 Å². The van der Waals surface area contributed by atoms with Crippen molar-refractivity contribution in [2.45, 2.75) is 24.8 Å². The van der Waals surface area contributed by atoms with Gasteiger partial charge in [-0.1, -0.05) is 0 Å². The van der Waals surface area contributed by atoms with Crippen LogP contribution in [0.1, 0.15) is 23.3 Å². The number of fused-ring (bicyclic) bond motifs is 3. The average Bonchev–Trinajstić information content (AvgIpc) is 3.44. The molecule has 0 radical (unpaired) electrons. The number of hydrogen-bond acceptors (Lipinski definition) is 7. The fourth-order valence-electron chi connectivity index (χ4n) is 4.13. The molecular weight excluding hydrogens is 424 g/mol. The van der Waals surface area contributed by atoms with Gasteiger partial charge < -0.3 is 20.1 Å². The Kier molecular flexibility index (Phi) is 4.54. The van der Waals surface area contributed by atoms with Crippen LogP contribution in [0.4, 0.5) is 15.3 Å². The molecule has 6 amide bonds. The molecule has 1 spiro atoms. The molecule has 5 rings (SSSR count). The number of nitrogens with one attached hydrogen (secondary N) is 3. The summed E-state index contributed by atoms with van der Waals surface area (Å²) in [6, 6.07) is 5.21. The second kappa shape index (κ2) is 7.27. The molecule has 10 nitrogen and oxygen atoms in total. The van der Waals surface area contributed by atoms with Gasteiger partial charge in [0, 0.05) is 22.2 Å². The number of nitrogens with zero attached hydrogens (tertiary/aromatic N) is 1. The largest absolute Gasteiger partial charge is 0.454 e. The SMILES string of the molecule is O=C(CN1C(=O)NC2(CCCc3sccc32)C1=O)NC(=O)Nc1ccc2c(c1)OCO2. The lowest BCUT2D eigenvalue weighted by Gasteiger charge is -2.31. The molecule has 2 aliphatic heterocycles. The van der Waals surface area contributed by atoms with Gasteiger partial charge in [0.1, 0.15) is 12.1 Å². The van der Waals surface area contributed by atoms with E-state index in [1.807, 2.05) is 11.4 Å².